The van der Waals surface area contributed by atoms with Gasteiger partial charge in [0.2, 0.25) is 11.6 Å². The van der Waals surface area contributed by atoms with Gasteiger partial charge >= 0.3 is 0 Å². The summed E-state index contributed by atoms with van der Waals surface area (Å²) in [6, 6.07) is 0.342. The molecule has 0 saturated heterocycles. The van der Waals surface area contributed by atoms with E-state index in [1.165, 1.54) is 12.8 Å². The minimum Gasteiger partial charge on any atom is -0.327 e. The Hall–Kier alpha value is -2.21. The van der Waals surface area contributed by atoms with Gasteiger partial charge in [-0.2, -0.15) is 0 Å². The number of carbonyl (C=O) groups is 5. The van der Waals surface area contributed by atoms with Crippen molar-refractivity contribution in [3.8, 4) is 0 Å². The van der Waals surface area contributed by atoms with Gasteiger partial charge in [-0.05, 0) is 135 Å². The van der Waals surface area contributed by atoms with Gasteiger partial charge in [-0.1, -0.05) is 27.2 Å². The molecule has 8 aliphatic rings. The third-order valence-electron chi connectivity index (χ3n) is 15.2. The highest BCUT2D eigenvalue weighted by molar-refractivity contribution is 6.46. The predicted octanol–water partition coefficient (Wildman–Crippen LogP) is 6.29. The number of nitrogens with two attached hydrogens (primary N) is 1. The molecule has 2 N–H and O–H groups in total. The second kappa shape index (κ2) is 10.1. The fourth-order valence-electron chi connectivity index (χ4n) is 12.7. The van der Waals surface area contributed by atoms with E-state index in [1.54, 1.807) is 12.2 Å². The number of fused-ring (bicyclic) bond motifs is 10. The number of rotatable bonds is 0. The van der Waals surface area contributed by atoms with Crippen molar-refractivity contribution >= 4 is 28.9 Å². The number of hydrogen-bond acceptors (Lipinski definition) is 6. The molecule has 0 aromatic rings. The summed E-state index contributed by atoms with van der Waals surface area (Å²) in [7, 11) is 0. The summed E-state index contributed by atoms with van der Waals surface area (Å²) in [5.41, 5.74) is 7.89. The van der Waals surface area contributed by atoms with Gasteiger partial charge in [0.15, 0.2) is 11.6 Å². The first-order valence-electron chi connectivity index (χ1n) is 17.6. The van der Waals surface area contributed by atoms with Crippen LogP contribution in [0.5, 0.6) is 0 Å². The number of ketones is 5. The summed E-state index contributed by atoms with van der Waals surface area (Å²) in [5, 5.41) is 0. The molecule has 0 aromatic heterocycles. The van der Waals surface area contributed by atoms with Gasteiger partial charge < -0.3 is 5.73 Å². The topological polar surface area (TPSA) is 111 Å². The Bertz CT molecular complexity index is 1410. The van der Waals surface area contributed by atoms with E-state index in [1.807, 2.05) is 6.92 Å². The summed E-state index contributed by atoms with van der Waals surface area (Å²) < 4.78 is 0. The Morgan fingerprint density at radius 1 is 0.705 bits per heavy atom. The molecule has 0 spiro atoms. The van der Waals surface area contributed by atoms with Crippen LogP contribution in [-0.4, -0.2) is 35.0 Å². The van der Waals surface area contributed by atoms with E-state index in [0.29, 0.717) is 72.0 Å². The number of hydrogen-bond donors (Lipinski definition) is 1. The second-order valence-corrected chi connectivity index (χ2v) is 17.0. The molecule has 6 fully saturated rings. The lowest BCUT2D eigenvalue weighted by Gasteiger charge is -2.59. The molecule has 44 heavy (non-hydrogen) atoms. The van der Waals surface area contributed by atoms with Crippen molar-refractivity contribution < 1.29 is 24.0 Å². The molecule has 238 valence electrons. The van der Waals surface area contributed by atoms with Crippen molar-refractivity contribution in [1.29, 1.82) is 0 Å². The molecule has 8 rings (SSSR count). The lowest BCUT2D eigenvalue weighted by atomic mass is 9.46. The van der Waals surface area contributed by atoms with E-state index >= 15 is 0 Å². The smallest absolute Gasteiger partial charge is 0.222 e. The van der Waals surface area contributed by atoms with E-state index in [2.05, 4.69) is 20.8 Å². The van der Waals surface area contributed by atoms with Gasteiger partial charge in [0.05, 0.1) is 5.41 Å². The normalized spacial score (nSPS) is 49.3. The van der Waals surface area contributed by atoms with Gasteiger partial charge in [-0.25, -0.2) is 0 Å². The van der Waals surface area contributed by atoms with Crippen molar-refractivity contribution in [2.75, 3.05) is 0 Å². The molecule has 6 nitrogen and oxygen atoms in total. The summed E-state index contributed by atoms with van der Waals surface area (Å²) in [6.07, 6.45) is 16.7. The summed E-state index contributed by atoms with van der Waals surface area (Å²) in [4.78, 5) is 61.1. The molecule has 0 amide bonds. The van der Waals surface area contributed by atoms with Crippen LogP contribution in [0.2, 0.25) is 0 Å². The number of allylic oxidation sites excluding steroid dienone is 3. The van der Waals surface area contributed by atoms with Crippen molar-refractivity contribution in [2.45, 2.75) is 124 Å². The lowest BCUT2D eigenvalue weighted by molar-refractivity contribution is -0.139. The second-order valence-electron chi connectivity index (χ2n) is 17.0. The van der Waals surface area contributed by atoms with Crippen LogP contribution < -0.4 is 5.73 Å². The SMILES string of the molecule is C[C@]12CCC(=O)C=C1C(=O)C[C@@H]1[C@@H]2CC[C@]2(C)C(=O)CC[C@@H]12.C[C@]12CC[C@H]3[C@@H](CCC4C(N)CCC[C@@]43C)C1=CC(=O)C2=O. The van der Waals surface area contributed by atoms with Crippen molar-refractivity contribution in [3.05, 3.63) is 23.3 Å². The van der Waals surface area contributed by atoms with Crippen LogP contribution in [0.3, 0.4) is 0 Å². The maximum absolute atomic E-state index is 12.7. The molecule has 0 heterocycles. The molecule has 0 aliphatic heterocycles. The molecule has 6 heteroatoms. The third kappa shape index (κ3) is 4.10. The van der Waals surface area contributed by atoms with Gasteiger partial charge in [-0.3, -0.25) is 24.0 Å². The van der Waals surface area contributed by atoms with Crippen LogP contribution in [0, 0.1) is 57.2 Å². The summed E-state index contributed by atoms with van der Waals surface area (Å²) in [5.74, 6) is 3.11. The van der Waals surface area contributed by atoms with E-state index in [0.717, 1.165) is 68.9 Å². The minimum absolute atomic E-state index is 0.107. The fraction of sp³-hybridized carbons (Fsp3) is 0.763. The Morgan fingerprint density at radius 2 is 1.43 bits per heavy atom. The van der Waals surface area contributed by atoms with Crippen molar-refractivity contribution in [3.63, 3.8) is 0 Å². The van der Waals surface area contributed by atoms with E-state index in [-0.39, 0.29) is 34.0 Å². The Morgan fingerprint density at radius 3 is 2.20 bits per heavy atom. The average Bonchev–Trinajstić information content (AvgIpc) is 3.41. The van der Waals surface area contributed by atoms with E-state index < -0.39 is 5.41 Å². The largest absolute Gasteiger partial charge is 0.327 e. The standard InChI is InChI=1S/C19H27NO2.C19H24O3/c1-18-8-3-4-15(20)13(18)6-5-11-12(18)7-9-19(2)14(11)10-16(21)17(19)22;1-18-7-5-11(20)9-15(18)16(21)10-12-13-3-4-17(22)19(13,2)8-6-14(12)18/h10-13,15H,3-9,20H2,1-2H3;9,12-14H,3-8,10H2,1-2H3/t11-,12+,13?,15?,18-,19+;12-,13-,14-,18+,19-/m10/s1. The highest BCUT2D eigenvalue weighted by Crippen LogP contribution is 2.65. The molecule has 0 radical (unpaired) electrons. The molecule has 0 aromatic carbocycles. The monoisotopic (exact) mass is 601 g/mol. The Labute approximate surface area is 262 Å². The first-order chi connectivity index (χ1) is 20.7. The molecule has 0 bridgehead atoms. The predicted molar refractivity (Wildman–Crippen MR) is 167 cm³/mol. The van der Waals surface area contributed by atoms with Gasteiger partial charge in [0, 0.05) is 36.3 Å². The Kier molecular flexibility index (Phi) is 7.02. The van der Waals surface area contributed by atoms with Gasteiger partial charge in [0.1, 0.15) is 5.78 Å². The highest BCUT2D eigenvalue weighted by atomic mass is 16.2. The van der Waals surface area contributed by atoms with Crippen LogP contribution in [-0.2, 0) is 24.0 Å². The summed E-state index contributed by atoms with van der Waals surface area (Å²) in [6.45, 7) is 8.77. The quantitative estimate of drug-likeness (QED) is 0.327. The minimum atomic E-state index is -0.488. The van der Waals surface area contributed by atoms with Crippen molar-refractivity contribution in [1.82, 2.24) is 0 Å². The first-order valence-corrected chi connectivity index (χ1v) is 17.6. The number of Topliss-reactive ketones (excluding diaryl/α,β-unsaturated/α-hetero) is 3. The molecule has 8 aliphatic carbocycles. The Balaban J connectivity index is 0.000000142. The molecular formula is C38H51NO5. The maximum atomic E-state index is 12.7. The van der Waals surface area contributed by atoms with Gasteiger partial charge in [-0.15, -0.1) is 0 Å². The molecule has 11 atom stereocenters. The van der Waals surface area contributed by atoms with Crippen LogP contribution in [0.25, 0.3) is 0 Å². The zero-order valence-corrected chi connectivity index (χ0v) is 27.2. The zero-order chi connectivity index (χ0) is 31.4. The zero-order valence-electron chi connectivity index (χ0n) is 27.2. The average molecular weight is 602 g/mol. The fourth-order valence-corrected chi connectivity index (χ4v) is 12.7. The van der Waals surface area contributed by atoms with E-state index in [9.17, 15) is 24.0 Å². The molecule has 6 saturated carbocycles. The van der Waals surface area contributed by atoms with Crippen LogP contribution in [0.1, 0.15) is 118 Å². The van der Waals surface area contributed by atoms with Gasteiger partial charge in [0.25, 0.3) is 0 Å². The van der Waals surface area contributed by atoms with Crippen LogP contribution in [0.15, 0.2) is 23.3 Å². The highest BCUT2D eigenvalue weighted by Gasteiger charge is 2.61. The van der Waals surface area contributed by atoms with Crippen LogP contribution in [0.4, 0.5) is 0 Å². The maximum Gasteiger partial charge on any atom is 0.222 e. The third-order valence-corrected chi connectivity index (χ3v) is 15.2. The lowest BCUT2D eigenvalue weighted by Crippen LogP contribution is -2.55. The summed E-state index contributed by atoms with van der Waals surface area (Å²) >= 11 is 0. The van der Waals surface area contributed by atoms with E-state index in [4.69, 9.17) is 5.73 Å². The first kappa shape index (κ1) is 30.4. The molecular weight excluding hydrogens is 550 g/mol. The number of carbonyl (C=O) groups excluding carboxylic acids is 5. The van der Waals surface area contributed by atoms with Crippen LogP contribution >= 0.6 is 0 Å². The molecule has 2 unspecified atom stereocenters. The van der Waals surface area contributed by atoms with Crippen molar-refractivity contribution in [2.24, 2.45) is 62.9 Å².